The molecule has 0 aliphatic heterocycles. The summed E-state index contributed by atoms with van der Waals surface area (Å²) >= 11 is 0. The van der Waals surface area contributed by atoms with Crippen molar-refractivity contribution in [1.29, 1.82) is 0 Å². The zero-order valence-electron chi connectivity index (χ0n) is 8.73. The molecule has 1 aromatic rings. The average Bonchev–Trinajstić information content (AvgIpc) is 2.65. The number of ether oxygens (including phenoxy) is 1. The van der Waals surface area contributed by atoms with Gasteiger partial charge in [0.05, 0.1) is 13.3 Å². The highest BCUT2D eigenvalue weighted by Gasteiger charge is 2.11. The summed E-state index contributed by atoms with van der Waals surface area (Å²) in [6.07, 6.45) is 2.69. The van der Waals surface area contributed by atoms with E-state index in [-0.39, 0.29) is 5.69 Å². The Kier molecular flexibility index (Phi) is 3.62. The molecule has 1 aromatic heterocycles. The van der Waals surface area contributed by atoms with Crippen molar-refractivity contribution in [3.63, 3.8) is 0 Å². The van der Waals surface area contributed by atoms with E-state index in [1.165, 1.54) is 7.11 Å². The predicted octanol–water partition coefficient (Wildman–Crippen LogP) is 1.11. The fraction of sp³-hybridized carbons (Fsp3) is 0.667. The van der Waals surface area contributed by atoms with Crippen LogP contribution in [0, 0.1) is 5.92 Å². The molecule has 1 heterocycles. The summed E-state index contributed by atoms with van der Waals surface area (Å²) in [6.45, 7) is 5.02. The Balaban J connectivity index is 2.63. The molecule has 78 valence electrons. The number of hydrogen-bond donors (Lipinski definition) is 0. The van der Waals surface area contributed by atoms with Gasteiger partial charge in [0.2, 0.25) is 0 Å². The molecule has 0 saturated heterocycles. The molecule has 0 amide bonds. The molecule has 0 spiro atoms. The maximum absolute atomic E-state index is 11.0. The lowest BCUT2D eigenvalue weighted by molar-refractivity contribution is 0.0594. The van der Waals surface area contributed by atoms with Gasteiger partial charge < -0.3 is 4.74 Å². The largest absolute Gasteiger partial charge is 0.464 e. The first-order chi connectivity index (χ1) is 6.67. The minimum atomic E-state index is -0.444. The third-order valence-electron chi connectivity index (χ3n) is 2.13. The monoisotopic (exact) mass is 197 g/mol. The number of methoxy groups -OCH3 is 1. The molecule has 1 rings (SSSR count). The van der Waals surface area contributed by atoms with E-state index in [0.717, 1.165) is 13.0 Å². The van der Waals surface area contributed by atoms with Crippen molar-refractivity contribution in [3.8, 4) is 0 Å². The van der Waals surface area contributed by atoms with Crippen molar-refractivity contribution in [2.75, 3.05) is 7.11 Å². The van der Waals surface area contributed by atoms with Crippen LogP contribution in [-0.2, 0) is 11.3 Å². The van der Waals surface area contributed by atoms with Gasteiger partial charge in [-0.3, -0.25) is 4.68 Å². The van der Waals surface area contributed by atoms with E-state index in [1.54, 1.807) is 10.9 Å². The lowest BCUT2D eigenvalue weighted by atomic mass is 10.1. The van der Waals surface area contributed by atoms with E-state index >= 15 is 0 Å². The molecule has 0 saturated carbocycles. The molecule has 0 aromatic carbocycles. The standard InChI is InChI=1S/C9H15N3O2/c1-4-7(2)5-12-6-8(10-11-12)9(13)14-3/h6-7H,4-5H2,1-3H3. The molecule has 0 radical (unpaired) electrons. The van der Waals surface area contributed by atoms with E-state index in [4.69, 9.17) is 0 Å². The van der Waals surface area contributed by atoms with Crippen LogP contribution in [0.3, 0.4) is 0 Å². The lowest BCUT2D eigenvalue weighted by Gasteiger charge is -2.06. The zero-order valence-corrected chi connectivity index (χ0v) is 8.73. The Labute approximate surface area is 83.1 Å². The van der Waals surface area contributed by atoms with E-state index in [1.807, 2.05) is 0 Å². The summed E-state index contributed by atoms with van der Waals surface area (Å²) in [5, 5.41) is 7.55. The number of aromatic nitrogens is 3. The minimum absolute atomic E-state index is 0.260. The molecular formula is C9H15N3O2. The summed E-state index contributed by atoms with van der Waals surface area (Å²) < 4.78 is 6.19. The SMILES string of the molecule is CCC(C)Cn1cc(C(=O)OC)nn1. The number of nitrogens with zero attached hydrogens (tertiary/aromatic N) is 3. The van der Waals surface area contributed by atoms with Gasteiger partial charge in [0.1, 0.15) is 0 Å². The van der Waals surface area contributed by atoms with E-state index in [0.29, 0.717) is 5.92 Å². The number of rotatable bonds is 4. The van der Waals surface area contributed by atoms with Crippen molar-refractivity contribution in [2.45, 2.75) is 26.8 Å². The van der Waals surface area contributed by atoms with Crippen LogP contribution >= 0.6 is 0 Å². The first-order valence-electron chi connectivity index (χ1n) is 4.65. The summed E-state index contributed by atoms with van der Waals surface area (Å²) in [7, 11) is 1.33. The number of carbonyl (C=O) groups excluding carboxylic acids is 1. The first kappa shape index (κ1) is 10.7. The number of esters is 1. The number of hydrogen-bond acceptors (Lipinski definition) is 4. The average molecular weight is 197 g/mol. The Bertz CT molecular complexity index is 309. The minimum Gasteiger partial charge on any atom is -0.464 e. The maximum Gasteiger partial charge on any atom is 0.360 e. The van der Waals surface area contributed by atoms with Gasteiger partial charge in [-0.25, -0.2) is 4.79 Å². The van der Waals surface area contributed by atoms with Crippen LogP contribution in [-0.4, -0.2) is 28.1 Å². The molecule has 1 atom stereocenters. The van der Waals surface area contributed by atoms with Gasteiger partial charge in [0.25, 0.3) is 0 Å². The molecule has 14 heavy (non-hydrogen) atoms. The Hall–Kier alpha value is -1.39. The molecule has 0 N–H and O–H groups in total. The van der Waals surface area contributed by atoms with Crippen LogP contribution in [0.4, 0.5) is 0 Å². The molecule has 0 bridgehead atoms. The van der Waals surface area contributed by atoms with Gasteiger partial charge in [-0.1, -0.05) is 25.5 Å². The fourth-order valence-corrected chi connectivity index (χ4v) is 1.03. The predicted molar refractivity (Wildman–Crippen MR) is 50.8 cm³/mol. The van der Waals surface area contributed by atoms with Crippen molar-refractivity contribution in [2.24, 2.45) is 5.92 Å². The normalized spacial score (nSPS) is 12.5. The molecule has 0 aliphatic carbocycles. The maximum atomic E-state index is 11.0. The number of carbonyl (C=O) groups is 1. The Morgan fingerprint density at radius 3 is 3.00 bits per heavy atom. The smallest absolute Gasteiger partial charge is 0.360 e. The topological polar surface area (TPSA) is 57.0 Å². The van der Waals surface area contributed by atoms with Crippen LogP contribution in [0.5, 0.6) is 0 Å². The summed E-state index contributed by atoms with van der Waals surface area (Å²) in [5.74, 6) is 0.0857. The van der Waals surface area contributed by atoms with Crippen molar-refractivity contribution >= 4 is 5.97 Å². The van der Waals surface area contributed by atoms with Gasteiger partial charge in [-0.05, 0) is 5.92 Å². The molecule has 0 aliphatic rings. The highest BCUT2D eigenvalue weighted by Crippen LogP contribution is 2.04. The van der Waals surface area contributed by atoms with E-state index < -0.39 is 5.97 Å². The summed E-state index contributed by atoms with van der Waals surface area (Å²) in [6, 6.07) is 0. The first-order valence-corrected chi connectivity index (χ1v) is 4.65. The fourth-order valence-electron chi connectivity index (χ4n) is 1.03. The van der Waals surface area contributed by atoms with Gasteiger partial charge in [-0.15, -0.1) is 5.10 Å². The van der Waals surface area contributed by atoms with Crippen LogP contribution in [0.15, 0.2) is 6.20 Å². The summed E-state index contributed by atoms with van der Waals surface area (Å²) in [5.41, 5.74) is 0.260. The Morgan fingerprint density at radius 2 is 2.43 bits per heavy atom. The second-order valence-corrected chi connectivity index (χ2v) is 3.33. The second kappa shape index (κ2) is 4.74. The third-order valence-corrected chi connectivity index (χ3v) is 2.13. The van der Waals surface area contributed by atoms with E-state index in [9.17, 15) is 4.79 Å². The van der Waals surface area contributed by atoms with Crippen LogP contribution in [0.2, 0.25) is 0 Å². The molecule has 5 heteroatoms. The molecular weight excluding hydrogens is 182 g/mol. The zero-order chi connectivity index (χ0) is 10.6. The van der Waals surface area contributed by atoms with E-state index in [2.05, 4.69) is 28.9 Å². The second-order valence-electron chi connectivity index (χ2n) is 3.33. The van der Waals surface area contributed by atoms with Gasteiger partial charge in [-0.2, -0.15) is 0 Å². The third kappa shape index (κ3) is 2.55. The van der Waals surface area contributed by atoms with Crippen LogP contribution in [0.25, 0.3) is 0 Å². The highest BCUT2D eigenvalue weighted by molar-refractivity contribution is 5.86. The van der Waals surface area contributed by atoms with Crippen molar-refractivity contribution < 1.29 is 9.53 Å². The van der Waals surface area contributed by atoms with Gasteiger partial charge in [0.15, 0.2) is 5.69 Å². The van der Waals surface area contributed by atoms with Gasteiger partial charge in [0, 0.05) is 6.54 Å². The van der Waals surface area contributed by atoms with Crippen LogP contribution in [0.1, 0.15) is 30.8 Å². The quantitative estimate of drug-likeness (QED) is 0.678. The highest BCUT2D eigenvalue weighted by atomic mass is 16.5. The van der Waals surface area contributed by atoms with Crippen molar-refractivity contribution in [3.05, 3.63) is 11.9 Å². The summed E-state index contributed by atoms with van der Waals surface area (Å²) in [4.78, 5) is 11.0. The lowest BCUT2D eigenvalue weighted by Crippen LogP contribution is -2.07. The molecule has 0 fully saturated rings. The van der Waals surface area contributed by atoms with Crippen molar-refractivity contribution in [1.82, 2.24) is 15.0 Å². The molecule has 5 nitrogen and oxygen atoms in total. The van der Waals surface area contributed by atoms with Gasteiger partial charge >= 0.3 is 5.97 Å². The Morgan fingerprint density at radius 1 is 1.71 bits per heavy atom. The molecule has 1 unspecified atom stereocenters. The van der Waals surface area contributed by atoms with Crippen LogP contribution < -0.4 is 0 Å².